The predicted molar refractivity (Wildman–Crippen MR) is 72.7 cm³/mol. The predicted octanol–water partition coefficient (Wildman–Crippen LogP) is 2.26. The molecule has 0 saturated heterocycles. The average molecular weight is 249 g/mol. The summed E-state index contributed by atoms with van der Waals surface area (Å²) in [5.74, 6) is 0.876. The molecular formula is C15H23NO2. The monoisotopic (exact) mass is 249 g/mol. The molecule has 0 amide bonds. The molecule has 0 unspecified atom stereocenters. The van der Waals surface area contributed by atoms with Crippen LogP contribution in [0.5, 0.6) is 5.75 Å². The fourth-order valence-corrected chi connectivity index (χ4v) is 2.60. The molecule has 3 N–H and O–H groups in total. The van der Waals surface area contributed by atoms with E-state index in [9.17, 15) is 5.11 Å². The second-order valence-electron chi connectivity index (χ2n) is 5.41. The number of hydrogen-bond donors (Lipinski definition) is 2. The van der Waals surface area contributed by atoms with Gasteiger partial charge in [-0.3, -0.25) is 0 Å². The number of aliphatic hydroxyl groups is 1. The van der Waals surface area contributed by atoms with E-state index in [1.807, 2.05) is 12.1 Å². The van der Waals surface area contributed by atoms with E-state index in [2.05, 4.69) is 12.1 Å². The Kier molecular flexibility index (Phi) is 4.25. The Balaban J connectivity index is 1.86. The minimum atomic E-state index is -0.504. The van der Waals surface area contributed by atoms with E-state index < -0.39 is 5.60 Å². The van der Waals surface area contributed by atoms with Crippen molar-refractivity contribution in [1.29, 1.82) is 0 Å². The van der Waals surface area contributed by atoms with E-state index in [-0.39, 0.29) is 6.04 Å². The normalized spacial score (nSPS) is 28.1. The number of methoxy groups -OCH3 is 1. The third-order valence-electron chi connectivity index (χ3n) is 4.00. The first-order chi connectivity index (χ1) is 8.61. The van der Waals surface area contributed by atoms with Crippen molar-refractivity contribution < 1.29 is 9.84 Å². The van der Waals surface area contributed by atoms with Crippen LogP contribution in [-0.4, -0.2) is 23.9 Å². The van der Waals surface area contributed by atoms with Gasteiger partial charge < -0.3 is 15.6 Å². The maximum Gasteiger partial charge on any atom is 0.118 e. The zero-order chi connectivity index (χ0) is 13.0. The van der Waals surface area contributed by atoms with Crippen molar-refractivity contribution in [2.75, 3.05) is 7.11 Å². The van der Waals surface area contributed by atoms with Gasteiger partial charge in [-0.15, -0.1) is 0 Å². The van der Waals surface area contributed by atoms with Crippen LogP contribution in [0.25, 0.3) is 0 Å². The van der Waals surface area contributed by atoms with Crippen LogP contribution < -0.4 is 10.5 Å². The average Bonchev–Trinajstić information content (AvgIpc) is 2.41. The summed E-state index contributed by atoms with van der Waals surface area (Å²) in [5, 5.41) is 10.5. The number of aryl methyl sites for hydroxylation is 1. The van der Waals surface area contributed by atoms with Gasteiger partial charge in [0.15, 0.2) is 0 Å². The molecule has 0 aromatic heterocycles. The molecule has 0 aliphatic heterocycles. The summed E-state index contributed by atoms with van der Waals surface area (Å²) in [6.45, 7) is 0. The van der Waals surface area contributed by atoms with Gasteiger partial charge in [0, 0.05) is 6.04 Å². The Morgan fingerprint density at radius 1 is 1.28 bits per heavy atom. The summed E-state index contributed by atoms with van der Waals surface area (Å²) < 4.78 is 5.13. The molecule has 1 aromatic carbocycles. The first kappa shape index (κ1) is 13.4. The van der Waals surface area contributed by atoms with Gasteiger partial charge in [0.2, 0.25) is 0 Å². The first-order valence-corrected chi connectivity index (χ1v) is 6.72. The van der Waals surface area contributed by atoms with Crippen molar-refractivity contribution in [3.05, 3.63) is 29.8 Å². The second kappa shape index (κ2) is 5.72. The molecule has 1 aliphatic carbocycles. The minimum Gasteiger partial charge on any atom is -0.497 e. The lowest BCUT2D eigenvalue weighted by Crippen LogP contribution is -2.39. The van der Waals surface area contributed by atoms with Crippen molar-refractivity contribution in [1.82, 2.24) is 0 Å². The third-order valence-corrected chi connectivity index (χ3v) is 4.00. The van der Waals surface area contributed by atoms with E-state index in [0.717, 1.165) is 44.3 Å². The molecule has 1 aliphatic rings. The van der Waals surface area contributed by atoms with Gasteiger partial charge in [0.25, 0.3) is 0 Å². The number of hydrogen-bond acceptors (Lipinski definition) is 3. The minimum absolute atomic E-state index is 0.284. The SMILES string of the molecule is COc1ccc(CCC2(O)CCC(N)CC2)cc1. The quantitative estimate of drug-likeness (QED) is 0.860. The molecule has 2 rings (SSSR count). The first-order valence-electron chi connectivity index (χ1n) is 6.72. The van der Waals surface area contributed by atoms with Crippen molar-refractivity contribution in [2.24, 2.45) is 5.73 Å². The van der Waals surface area contributed by atoms with Crippen LogP contribution in [-0.2, 0) is 6.42 Å². The molecule has 3 heteroatoms. The van der Waals surface area contributed by atoms with Gasteiger partial charge in [0.05, 0.1) is 12.7 Å². The van der Waals surface area contributed by atoms with E-state index in [1.165, 1.54) is 5.56 Å². The zero-order valence-electron chi connectivity index (χ0n) is 11.1. The fraction of sp³-hybridized carbons (Fsp3) is 0.600. The standard InChI is InChI=1S/C15H23NO2/c1-18-14-4-2-12(3-5-14)6-9-15(17)10-7-13(16)8-11-15/h2-5,13,17H,6-11,16H2,1H3. The second-order valence-corrected chi connectivity index (χ2v) is 5.41. The number of nitrogens with two attached hydrogens (primary N) is 1. The van der Waals surface area contributed by atoms with Crippen LogP contribution in [0.4, 0.5) is 0 Å². The number of benzene rings is 1. The molecule has 3 nitrogen and oxygen atoms in total. The largest absolute Gasteiger partial charge is 0.497 e. The van der Waals surface area contributed by atoms with Gasteiger partial charge in [-0.2, -0.15) is 0 Å². The molecule has 1 saturated carbocycles. The maximum absolute atomic E-state index is 10.5. The molecule has 0 spiro atoms. The summed E-state index contributed by atoms with van der Waals surface area (Å²) in [6, 6.07) is 8.35. The molecule has 18 heavy (non-hydrogen) atoms. The molecule has 1 fully saturated rings. The van der Waals surface area contributed by atoms with Gasteiger partial charge in [-0.25, -0.2) is 0 Å². The molecule has 0 radical (unpaired) electrons. The lowest BCUT2D eigenvalue weighted by Gasteiger charge is -2.34. The molecule has 1 aromatic rings. The summed E-state index contributed by atoms with van der Waals surface area (Å²) >= 11 is 0. The van der Waals surface area contributed by atoms with Crippen LogP contribution >= 0.6 is 0 Å². The van der Waals surface area contributed by atoms with Gasteiger partial charge >= 0.3 is 0 Å². The Morgan fingerprint density at radius 3 is 2.44 bits per heavy atom. The van der Waals surface area contributed by atoms with Crippen LogP contribution in [0.15, 0.2) is 24.3 Å². The van der Waals surface area contributed by atoms with E-state index in [4.69, 9.17) is 10.5 Å². The smallest absolute Gasteiger partial charge is 0.118 e. The fourth-order valence-electron chi connectivity index (χ4n) is 2.60. The highest BCUT2D eigenvalue weighted by Crippen LogP contribution is 2.31. The van der Waals surface area contributed by atoms with Gasteiger partial charge in [0.1, 0.15) is 5.75 Å². The highest BCUT2D eigenvalue weighted by molar-refractivity contribution is 5.27. The highest BCUT2D eigenvalue weighted by Gasteiger charge is 2.31. The van der Waals surface area contributed by atoms with Gasteiger partial charge in [-0.05, 0) is 56.2 Å². The molecule has 0 bridgehead atoms. The zero-order valence-corrected chi connectivity index (χ0v) is 11.1. The molecule has 0 atom stereocenters. The van der Waals surface area contributed by atoms with Crippen LogP contribution in [0.2, 0.25) is 0 Å². The van der Waals surface area contributed by atoms with Crippen molar-refractivity contribution in [2.45, 2.75) is 50.2 Å². The summed E-state index contributed by atoms with van der Waals surface area (Å²) in [5.41, 5.74) is 6.62. The lowest BCUT2D eigenvalue weighted by atomic mass is 9.79. The van der Waals surface area contributed by atoms with Crippen molar-refractivity contribution in [3.8, 4) is 5.75 Å². The van der Waals surface area contributed by atoms with Crippen LogP contribution in [0.1, 0.15) is 37.7 Å². The maximum atomic E-state index is 10.5. The topological polar surface area (TPSA) is 55.5 Å². The third kappa shape index (κ3) is 3.47. The summed E-state index contributed by atoms with van der Waals surface area (Å²) in [7, 11) is 1.67. The summed E-state index contributed by atoms with van der Waals surface area (Å²) in [6.07, 6.45) is 5.30. The highest BCUT2D eigenvalue weighted by atomic mass is 16.5. The Labute approximate surface area is 109 Å². The van der Waals surface area contributed by atoms with Crippen LogP contribution in [0.3, 0.4) is 0 Å². The van der Waals surface area contributed by atoms with Crippen molar-refractivity contribution in [3.63, 3.8) is 0 Å². The summed E-state index contributed by atoms with van der Waals surface area (Å²) in [4.78, 5) is 0. The van der Waals surface area contributed by atoms with Gasteiger partial charge in [-0.1, -0.05) is 12.1 Å². The van der Waals surface area contributed by atoms with Crippen LogP contribution in [0, 0.1) is 0 Å². The number of rotatable bonds is 4. The number of ether oxygens (including phenoxy) is 1. The lowest BCUT2D eigenvalue weighted by molar-refractivity contribution is -0.00750. The van der Waals surface area contributed by atoms with Crippen molar-refractivity contribution >= 4 is 0 Å². The Hall–Kier alpha value is -1.06. The van der Waals surface area contributed by atoms with E-state index >= 15 is 0 Å². The Morgan fingerprint density at radius 2 is 1.89 bits per heavy atom. The Bertz CT molecular complexity index is 367. The molecule has 100 valence electrons. The molecule has 0 heterocycles. The van der Waals surface area contributed by atoms with E-state index in [0.29, 0.717) is 0 Å². The van der Waals surface area contributed by atoms with E-state index in [1.54, 1.807) is 7.11 Å². The molecular weight excluding hydrogens is 226 g/mol.